The number of rotatable bonds is 4. The average molecular weight is 383 g/mol. The van der Waals surface area contributed by atoms with E-state index in [1.165, 1.54) is 0 Å². The predicted molar refractivity (Wildman–Crippen MR) is 105 cm³/mol. The molecule has 2 aliphatic heterocycles. The first kappa shape index (κ1) is 18.5. The Labute approximate surface area is 165 Å². The lowest BCUT2D eigenvalue weighted by Gasteiger charge is -2.26. The van der Waals surface area contributed by atoms with Crippen molar-refractivity contribution in [1.29, 1.82) is 0 Å². The van der Waals surface area contributed by atoms with Gasteiger partial charge in [0.15, 0.2) is 23.0 Å². The highest BCUT2D eigenvalue weighted by atomic mass is 16.5. The van der Waals surface area contributed by atoms with Crippen molar-refractivity contribution >= 4 is 5.91 Å². The molecule has 6 nitrogen and oxygen atoms in total. The highest BCUT2D eigenvalue weighted by Crippen LogP contribution is 2.39. The van der Waals surface area contributed by atoms with Gasteiger partial charge < -0.3 is 23.8 Å². The van der Waals surface area contributed by atoms with Gasteiger partial charge in [-0.25, -0.2) is 0 Å². The van der Waals surface area contributed by atoms with Crippen LogP contribution in [-0.4, -0.2) is 44.8 Å². The molecule has 1 fully saturated rings. The van der Waals surface area contributed by atoms with Gasteiger partial charge in [-0.1, -0.05) is 6.07 Å². The normalized spacial score (nSPS) is 18.5. The molecule has 2 aromatic carbocycles. The van der Waals surface area contributed by atoms with Gasteiger partial charge in [-0.3, -0.25) is 4.79 Å². The minimum atomic E-state index is -0.00411. The lowest BCUT2D eigenvalue weighted by molar-refractivity contribution is 0.0735. The van der Waals surface area contributed by atoms with Crippen LogP contribution in [0.1, 0.15) is 41.2 Å². The van der Waals surface area contributed by atoms with Gasteiger partial charge in [-0.15, -0.1) is 0 Å². The minimum Gasteiger partial charge on any atom is -0.493 e. The maximum absolute atomic E-state index is 13.2. The van der Waals surface area contributed by atoms with Gasteiger partial charge in [0.25, 0.3) is 5.91 Å². The number of benzene rings is 2. The van der Waals surface area contributed by atoms with Crippen molar-refractivity contribution < 1.29 is 23.7 Å². The van der Waals surface area contributed by atoms with E-state index in [9.17, 15) is 4.79 Å². The number of methoxy groups -OCH3 is 2. The van der Waals surface area contributed by atoms with Gasteiger partial charge in [-0.05, 0) is 48.7 Å². The fourth-order valence-corrected chi connectivity index (χ4v) is 3.88. The Hall–Kier alpha value is -2.89. The predicted octanol–water partition coefficient (Wildman–Crippen LogP) is 3.84. The largest absolute Gasteiger partial charge is 0.493 e. The summed E-state index contributed by atoms with van der Waals surface area (Å²) in [4.78, 5) is 15.1. The number of hydrogen-bond donors (Lipinski definition) is 0. The number of likely N-dealkylation sites (tertiary alicyclic amines) is 1. The Bertz CT molecular complexity index is 866. The second kappa shape index (κ2) is 8.00. The standard InChI is InChI=1S/C22H25NO5/c1-25-18-8-7-16(14-20(18)26-2)22(24)23-10-3-5-17(23)15-6-9-19-21(13-15)28-12-4-11-27-19/h6-9,13-14,17H,3-5,10-12H2,1-2H3/t17-/m0/s1. The Kier molecular flexibility index (Phi) is 5.28. The summed E-state index contributed by atoms with van der Waals surface area (Å²) in [6, 6.07) is 11.3. The van der Waals surface area contributed by atoms with E-state index in [2.05, 4.69) is 0 Å². The van der Waals surface area contributed by atoms with Crippen molar-refractivity contribution in [3.63, 3.8) is 0 Å². The van der Waals surface area contributed by atoms with Gasteiger partial charge in [0.1, 0.15) is 0 Å². The Morgan fingerprint density at radius 3 is 2.54 bits per heavy atom. The number of carbonyl (C=O) groups is 1. The summed E-state index contributed by atoms with van der Waals surface area (Å²) in [5.41, 5.74) is 1.68. The molecule has 28 heavy (non-hydrogen) atoms. The van der Waals surface area contributed by atoms with Gasteiger partial charge >= 0.3 is 0 Å². The first-order valence-electron chi connectivity index (χ1n) is 9.64. The topological polar surface area (TPSA) is 57.2 Å². The number of carbonyl (C=O) groups excluding carboxylic acids is 1. The first-order chi connectivity index (χ1) is 13.7. The zero-order valence-electron chi connectivity index (χ0n) is 16.3. The van der Waals surface area contributed by atoms with E-state index >= 15 is 0 Å². The Balaban J connectivity index is 1.60. The van der Waals surface area contributed by atoms with Crippen LogP contribution in [0.3, 0.4) is 0 Å². The molecule has 0 N–H and O–H groups in total. The molecule has 0 radical (unpaired) electrons. The summed E-state index contributed by atoms with van der Waals surface area (Å²) in [5.74, 6) is 2.70. The van der Waals surface area contributed by atoms with Gasteiger partial charge in [0.2, 0.25) is 0 Å². The quantitative estimate of drug-likeness (QED) is 0.803. The van der Waals surface area contributed by atoms with Crippen molar-refractivity contribution in [2.24, 2.45) is 0 Å². The first-order valence-corrected chi connectivity index (χ1v) is 9.64. The van der Waals surface area contributed by atoms with Crippen LogP contribution < -0.4 is 18.9 Å². The molecular formula is C22H25NO5. The molecule has 4 rings (SSSR count). The summed E-state index contributed by atoms with van der Waals surface area (Å²) in [6.07, 6.45) is 2.77. The number of hydrogen-bond acceptors (Lipinski definition) is 5. The molecule has 0 unspecified atom stereocenters. The second-order valence-corrected chi connectivity index (χ2v) is 6.98. The van der Waals surface area contributed by atoms with E-state index in [0.717, 1.165) is 42.9 Å². The van der Waals surface area contributed by atoms with E-state index in [1.54, 1.807) is 32.4 Å². The third-order valence-electron chi connectivity index (χ3n) is 5.30. The summed E-state index contributed by atoms with van der Waals surface area (Å²) in [5, 5.41) is 0. The molecule has 0 aliphatic carbocycles. The number of fused-ring (bicyclic) bond motifs is 1. The third kappa shape index (κ3) is 3.46. The van der Waals surface area contributed by atoms with Crippen LogP contribution in [0.2, 0.25) is 0 Å². The van der Waals surface area contributed by atoms with Gasteiger partial charge in [-0.2, -0.15) is 0 Å². The zero-order chi connectivity index (χ0) is 19.5. The Morgan fingerprint density at radius 1 is 0.964 bits per heavy atom. The Morgan fingerprint density at radius 2 is 1.75 bits per heavy atom. The van der Waals surface area contributed by atoms with Crippen LogP contribution in [0.5, 0.6) is 23.0 Å². The maximum atomic E-state index is 13.2. The van der Waals surface area contributed by atoms with Crippen LogP contribution in [-0.2, 0) is 0 Å². The zero-order valence-corrected chi connectivity index (χ0v) is 16.3. The molecule has 0 spiro atoms. The lowest BCUT2D eigenvalue weighted by atomic mass is 10.0. The lowest BCUT2D eigenvalue weighted by Crippen LogP contribution is -2.30. The van der Waals surface area contributed by atoms with E-state index in [4.69, 9.17) is 18.9 Å². The highest BCUT2D eigenvalue weighted by Gasteiger charge is 2.31. The second-order valence-electron chi connectivity index (χ2n) is 6.98. The van der Waals surface area contributed by atoms with Gasteiger partial charge in [0, 0.05) is 18.5 Å². The van der Waals surface area contributed by atoms with Gasteiger partial charge in [0.05, 0.1) is 33.5 Å². The molecule has 1 atom stereocenters. The maximum Gasteiger partial charge on any atom is 0.254 e. The van der Waals surface area contributed by atoms with Crippen molar-refractivity contribution in [2.45, 2.75) is 25.3 Å². The number of amides is 1. The minimum absolute atomic E-state index is 0.00411. The molecule has 2 heterocycles. The summed E-state index contributed by atoms with van der Waals surface area (Å²) >= 11 is 0. The van der Waals surface area contributed by atoms with E-state index in [0.29, 0.717) is 30.3 Å². The summed E-state index contributed by atoms with van der Waals surface area (Å²) in [6.45, 7) is 2.04. The van der Waals surface area contributed by atoms with Crippen molar-refractivity contribution in [3.8, 4) is 23.0 Å². The fourth-order valence-electron chi connectivity index (χ4n) is 3.88. The van der Waals surface area contributed by atoms with Crippen LogP contribution in [0, 0.1) is 0 Å². The number of ether oxygens (including phenoxy) is 4. The fraction of sp³-hybridized carbons (Fsp3) is 0.409. The molecule has 1 amide bonds. The molecule has 6 heteroatoms. The summed E-state index contributed by atoms with van der Waals surface area (Å²) < 4.78 is 22.2. The van der Waals surface area contributed by atoms with Crippen molar-refractivity contribution in [1.82, 2.24) is 4.90 Å². The summed E-state index contributed by atoms with van der Waals surface area (Å²) in [7, 11) is 3.16. The van der Waals surface area contributed by atoms with Crippen molar-refractivity contribution in [2.75, 3.05) is 34.0 Å². The molecule has 0 saturated carbocycles. The smallest absolute Gasteiger partial charge is 0.254 e. The average Bonchev–Trinajstić information content (AvgIpc) is 3.11. The molecule has 148 valence electrons. The monoisotopic (exact) mass is 383 g/mol. The molecular weight excluding hydrogens is 358 g/mol. The molecule has 0 bridgehead atoms. The van der Waals surface area contributed by atoms with Crippen LogP contribution in [0.15, 0.2) is 36.4 Å². The SMILES string of the molecule is COc1ccc(C(=O)N2CCC[C@H]2c2ccc3c(c2)OCCCO3)cc1OC. The van der Waals surface area contributed by atoms with Crippen molar-refractivity contribution in [3.05, 3.63) is 47.5 Å². The number of nitrogens with zero attached hydrogens (tertiary/aromatic N) is 1. The third-order valence-corrected chi connectivity index (χ3v) is 5.30. The molecule has 2 aliphatic rings. The van der Waals surface area contributed by atoms with Crippen LogP contribution in [0.4, 0.5) is 0 Å². The van der Waals surface area contributed by atoms with E-state index in [1.807, 2.05) is 23.1 Å². The molecule has 2 aromatic rings. The van der Waals surface area contributed by atoms with Crippen LogP contribution in [0.25, 0.3) is 0 Å². The van der Waals surface area contributed by atoms with Crippen LogP contribution >= 0.6 is 0 Å². The molecule has 0 aromatic heterocycles. The highest BCUT2D eigenvalue weighted by molar-refractivity contribution is 5.95. The van der Waals surface area contributed by atoms with E-state index < -0.39 is 0 Å². The molecule has 1 saturated heterocycles. The van der Waals surface area contributed by atoms with E-state index in [-0.39, 0.29) is 11.9 Å².